The molecule has 1 N–H and O–H groups in total. The molecule has 2 heterocycles. The average molecular weight is 450 g/mol. The van der Waals surface area contributed by atoms with Gasteiger partial charge in [0.05, 0.1) is 11.3 Å². The molecule has 5 nitrogen and oxygen atoms in total. The molecule has 0 saturated carbocycles. The molecule has 2 aromatic heterocycles. The highest BCUT2D eigenvalue weighted by Gasteiger charge is 2.15. The third-order valence-corrected chi connectivity index (χ3v) is 6.25. The number of thiazole rings is 1. The Labute approximate surface area is 194 Å². The monoisotopic (exact) mass is 449 g/mol. The topological polar surface area (TPSA) is 78.9 Å². The number of rotatable bonds is 4. The molecule has 0 aliphatic carbocycles. The normalized spacial score (nSPS) is 11.6. The minimum absolute atomic E-state index is 0.376. The van der Waals surface area contributed by atoms with Gasteiger partial charge in [0, 0.05) is 22.7 Å². The SMILES string of the molecule is Cc1cc(C)cc(N/C=C(/C#N)c2nc(-c3cc4c(ccc5ccccc54)oc3=O)cs2)c1. The van der Waals surface area contributed by atoms with Crippen LogP contribution in [0.15, 0.2) is 81.5 Å². The van der Waals surface area contributed by atoms with Gasteiger partial charge in [-0.3, -0.25) is 0 Å². The van der Waals surface area contributed by atoms with Gasteiger partial charge < -0.3 is 9.73 Å². The summed E-state index contributed by atoms with van der Waals surface area (Å²) in [5, 5.41) is 18.1. The van der Waals surface area contributed by atoms with Gasteiger partial charge in [0.25, 0.3) is 0 Å². The molecule has 3 aromatic carbocycles. The van der Waals surface area contributed by atoms with Crippen molar-refractivity contribution in [1.82, 2.24) is 4.98 Å². The Morgan fingerprint density at radius 3 is 2.64 bits per heavy atom. The molecule has 0 unspecified atom stereocenters. The second-order valence-corrected chi connectivity index (χ2v) is 8.73. The lowest BCUT2D eigenvalue weighted by molar-refractivity contribution is 0.563. The maximum atomic E-state index is 12.7. The standard InChI is InChI=1S/C27H19N3O2S/c1-16-9-17(2)11-20(10-16)29-14-19(13-28)26-30-24(15-33-26)23-12-22-21-6-4-3-5-18(21)7-8-25(22)32-27(23)31/h3-12,14-15,29H,1-2H3/b19-14-. The van der Waals surface area contributed by atoms with Crippen LogP contribution in [0.2, 0.25) is 0 Å². The summed E-state index contributed by atoms with van der Waals surface area (Å²) in [7, 11) is 0. The number of fused-ring (bicyclic) bond motifs is 3. The van der Waals surface area contributed by atoms with Crippen molar-refractivity contribution in [2.24, 2.45) is 0 Å². The molecule has 5 rings (SSSR count). The van der Waals surface area contributed by atoms with E-state index in [4.69, 9.17) is 4.42 Å². The second kappa shape index (κ2) is 8.38. The van der Waals surface area contributed by atoms with Gasteiger partial charge >= 0.3 is 5.63 Å². The molecular weight excluding hydrogens is 430 g/mol. The number of hydrogen-bond donors (Lipinski definition) is 1. The van der Waals surface area contributed by atoms with E-state index in [2.05, 4.69) is 22.4 Å². The first-order chi connectivity index (χ1) is 16.0. The molecule has 0 spiro atoms. The quantitative estimate of drug-likeness (QED) is 0.188. The smallest absolute Gasteiger partial charge is 0.345 e. The molecule has 0 aliphatic rings. The minimum Gasteiger partial charge on any atom is -0.422 e. The fourth-order valence-corrected chi connectivity index (χ4v) is 4.71. The summed E-state index contributed by atoms with van der Waals surface area (Å²) in [6, 6.07) is 21.8. The second-order valence-electron chi connectivity index (χ2n) is 7.87. The lowest BCUT2D eigenvalue weighted by atomic mass is 10.0. The van der Waals surface area contributed by atoms with Crippen LogP contribution in [0.3, 0.4) is 0 Å². The van der Waals surface area contributed by atoms with Crippen molar-refractivity contribution in [3.8, 4) is 17.3 Å². The molecule has 160 valence electrons. The number of benzene rings is 3. The van der Waals surface area contributed by atoms with Crippen molar-refractivity contribution in [1.29, 1.82) is 5.26 Å². The summed E-state index contributed by atoms with van der Waals surface area (Å²) in [6.07, 6.45) is 1.65. The van der Waals surface area contributed by atoms with Crippen LogP contribution in [-0.2, 0) is 0 Å². The van der Waals surface area contributed by atoms with E-state index < -0.39 is 5.63 Å². The Morgan fingerprint density at radius 2 is 1.85 bits per heavy atom. The zero-order valence-corrected chi connectivity index (χ0v) is 18.9. The number of anilines is 1. The minimum atomic E-state index is -0.453. The largest absolute Gasteiger partial charge is 0.422 e. The number of aryl methyl sites for hydroxylation is 2. The molecule has 0 atom stereocenters. The summed E-state index contributed by atoms with van der Waals surface area (Å²) in [4.78, 5) is 17.3. The Bertz CT molecular complexity index is 1630. The summed E-state index contributed by atoms with van der Waals surface area (Å²) >= 11 is 1.31. The number of hydrogen-bond acceptors (Lipinski definition) is 6. The number of nitrogens with zero attached hydrogens (tertiary/aromatic N) is 2. The molecule has 0 aliphatic heterocycles. The van der Waals surface area contributed by atoms with Crippen LogP contribution in [0.4, 0.5) is 5.69 Å². The van der Waals surface area contributed by atoms with Crippen LogP contribution in [0, 0.1) is 25.2 Å². The molecule has 0 saturated heterocycles. The average Bonchev–Trinajstić information content (AvgIpc) is 3.28. The van der Waals surface area contributed by atoms with E-state index in [0.717, 1.165) is 33.0 Å². The van der Waals surface area contributed by atoms with Crippen molar-refractivity contribution < 1.29 is 4.42 Å². The fraction of sp³-hybridized carbons (Fsp3) is 0.0741. The van der Waals surface area contributed by atoms with Gasteiger partial charge in [-0.25, -0.2) is 9.78 Å². The molecule has 5 aromatic rings. The van der Waals surface area contributed by atoms with Gasteiger partial charge in [0.2, 0.25) is 0 Å². The summed E-state index contributed by atoms with van der Waals surface area (Å²) in [5.41, 5.74) is 4.51. The van der Waals surface area contributed by atoms with Crippen LogP contribution in [-0.4, -0.2) is 4.98 Å². The van der Waals surface area contributed by atoms with Gasteiger partial charge in [-0.05, 0) is 60.0 Å². The predicted octanol–water partition coefficient (Wildman–Crippen LogP) is 6.66. The molecule has 0 bridgehead atoms. The highest BCUT2D eigenvalue weighted by Crippen LogP contribution is 2.30. The van der Waals surface area contributed by atoms with Crippen molar-refractivity contribution in [3.05, 3.63) is 98.8 Å². The first kappa shape index (κ1) is 20.7. The fourth-order valence-electron chi connectivity index (χ4n) is 3.93. The van der Waals surface area contributed by atoms with Crippen molar-refractivity contribution >= 4 is 44.3 Å². The first-order valence-electron chi connectivity index (χ1n) is 10.4. The molecule has 6 heteroatoms. The summed E-state index contributed by atoms with van der Waals surface area (Å²) in [5.74, 6) is 0. The van der Waals surface area contributed by atoms with Crippen molar-refractivity contribution in [2.45, 2.75) is 13.8 Å². The Balaban J connectivity index is 1.53. The Kier molecular flexibility index (Phi) is 5.25. The number of nitriles is 1. The first-order valence-corrected chi connectivity index (χ1v) is 11.3. The third kappa shape index (κ3) is 4.02. The summed E-state index contributed by atoms with van der Waals surface area (Å²) < 4.78 is 5.60. The van der Waals surface area contributed by atoms with E-state index in [-0.39, 0.29) is 0 Å². The third-order valence-electron chi connectivity index (χ3n) is 5.38. The molecular formula is C27H19N3O2S. The number of aromatic nitrogens is 1. The van der Waals surface area contributed by atoms with Crippen molar-refractivity contribution in [3.63, 3.8) is 0 Å². The van der Waals surface area contributed by atoms with Crippen molar-refractivity contribution in [2.75, 3.05) is 5.32 Å². The zero-order chi connectivity index (χ0) is 22.9. The Hall–Kier alpha value is -4.21. The molecule has 33 heavy (non-hydrogen) atoms. The van der Waals surface area contributed by atoms with E-state index in [1.54, 1.807) is 11.6 Å². The van der Waals surface area contributed by atoms with Crippen LogP contribution in [0.1, 0.15) is 16.1 Å². The van der Waals surface area contributed by atoms with Gasteiger partial charge in [-0.1, -0.05) is 36.4 Å². The number of nitrogens with one attached hydrogen (secondary N) is 1. The molecule has 0 radical (unpaired) electrons. The summed E-state index contributed by atoms with van der Waals surface area (Å²) in [6.45, 7) is 4.05. The van der Waals surface area contributed by atoms with Gasteiger partial charge in [-0.2, -0.15) is 5.26 Å². The maximum Gasteiger partial charge on any atom is 0.345 e. The maximum absolute atomic E-state index is 12.7. The van der Waals surface area contributed by atoms with E-state index in [9.17, 15) is 10.1 Å². The van der Waals surface area contributed by atoms with E-state index in [1.807, 2.05) is 68.4 Å². The van der Waals surface area contributed by atoms with Crippen LogP contribution in [0.5, 0.6) is 0 Å². The van der Waals surface area contributed by atoms with Crippen LogP contribution < -0.4 is 10.9 Å². The molecule has 0 fully saturated rings. The van der Waals surface area contributed by atoms with E-state index in [1.165, 1.54) is 11.3 Å². The lowest BCUT2D eigenvalue weighted by Crippen LogP contribution is -2.03. The van der Waals surface area contributed by atoms with Gasteiger partial charge in [-0.15, -0.1) is 11.3 Å². The lowest BCUT2D eigenvalue weighted by Gasteiger charge is -2.05. The van der Waals surface area contributed by atoms with Gasteiger partial charge in [0.1, 0.15) is 22.2 Å². The number of allylic oxidation sites excluding steroid dienone is 1. The van der Waals surface area contributed by atoms with E-state index >= 15 is 0 Å². The zero-order valence-electron chi connectivity index (χ0n) is 18.0. The highest BCUT2D eigenvalue weighted by molar-refractivity contribution is 7.11. The highest BCUT2D eigenvalue weighted by atomic mass is 32.1. The Morgan fingerprint density at radius 1 is 1.06 bits per heavy atom. The van der Waals surface area contributed by atoms with Gasteiger partial charge in [0.15, 0.2) is 0 Å². The van der Waals surface area contributed by atoms with Crippen LogP contribution >= 0.6 is 11.3 Å². The van der Waals surface area contributed by atoms with Crippen LogP contribution in [0.25, 0.3) is 38.6 Å². The predicted molar refractivity (Wildman–Crippen MR) is 134 cm³/mol. The van der Waals surface area contributed by atoms with E-state index in [0.29, 0.717) is 27.4 Å². The molecule has 0 amide bonds.